The Morgan fingerprint density at radius 3 is 2.45 bits per heavy atom. The Hall–Kier alpha value is -2.68. The minimum atomic E-state index is -0.345. The number of hydrogen-bond acceptors (Lipinski definition) is 3. The van der Waals surface area contributed by atoms with E-state index in [9.17, 15) is 4.79 Å². The Bertz CT molecular complexity index is 766. The molecule has 0 fully saturated rings. The Kier molecular flexibility index (Phi) is 3.17. The summed E-state index contributed by atoms with van der Waals surface area (Å²) < 4.78 is 4.94. The van der Waals surface area contributed by atoms with E-state index in [4.69, 9.17) is 4.74 Å². The molecule has 0 bridgehead atoms. The summed E-state index contributed by atoms with van der Waals surface area (Å²) in [4.78, 5) is 16.6. The Labute approximate surface area is 116 Å². The van der Waals surface area contributed by atoms with Crippen LogP contribution in [0.4, 0.5) is 0 Å². The van der Waals surface area contributed by atoms with Gasteiger partial charge in [-0.05, 0) is 11.6 Å². The van der Waals surface area contributed by atoms with Crippen molar-refractivity contribution in [1.82, 2.24) is 4.98 Å². The van der Waals surface area contributed by atoms with Gasteiger partial charge in [-0.2, -0.15) is 0 Å². The molecule has 0 N–H and O–H groups in total. The lowest BCUT2D eigenvalue weighted by molar-refractivity contribution is 0.0604. The number of para-hydroxylation sites is 1. The molecule has 20 heavy (non-hydrogen) atoms. The van der Waals surface area contributed by atoms with E-state index in [-0.39, 0.29) is 5.97 Å². The summed E-state index contributed by atoms with van der Waals surface area (Å²) in [5.74, 6) is -0.345. The number of aromatic nitrogens is 1. The molecule has 1 heterocycles. The lowest BCUT2D eigenvalue weighted by atomic mass is 9.98. The van der Waals surface area contributed by atoms with Crippen LogP contribution in [-0.2, 0) is 4.74 Å². The minimum absolute atomic E-state index is 0.345. The van der Waals surface area contributed by atoms with Gasteiger partial charge in [0.1, 0.15) is 0 Å². The third-order valence-corrected chi connectivity index (χ3v) is 3.25. The first-order valence-electron chi connectivity index (χ1n) is 6.33. The monoisotopic (exact) mass is 263 g/mol. The Balaban J connectivity index is 2.35. The first-order chi connectivity index (χ1) is 9.81. The van der Waals surface area contributed by atoms with Gasteiger partial charge in [-0.1, -0.05) is 48.5 Å². The molecule has 3 aromatic rings. The lowest BCUT2D eigenvalue weighted by Gasteiger charge is -2.10. The van der Waals surface area contributed by atoms with Crippen molar-refractivity contribution in [2.45, 2.75) is 0 Å². The van der Waals surface area contributed by atoms with E-state index < -0.39 is 0 Å². The molecular formula is C17H13NO2. The fourth-order valence-corrected chi connectivity index (χ4v) is 2.30. The molecule has 0 atom stereocenters. The van der Waals surface area contributed by atoms with E-state index in [0.717, 1.165) is 22.0 Å². The van der Waals surface area contributed by atoms with Crippen molar-refractivity contribution in [3.8, 4) is 11.1 Å². The van der Waals surface area contributed by atoms with Crippen LogP contribution in [0.25, 0.3) is 22.0 Å². The number of esters is 1. The van der Waals surface area contributed by atoms with Crippen molar-refractivity contribution >= 4 is 16.9 Å². The smallest absolute Gasteiger partial charge is 0.339 e. The molecule has 1 aromatic heterocycles. The maximum Gasteiger partial charge on any atom is 0.339 e. The minimum Gasteiger partial charge on any atom is -0.465 e. The van der Waals surface area contributed by atoms with Gasteiger partial charge < -0.3 is 4.74 Å². The zero-order valence-electron chi connectivity index (χ0n) is 11.0. The van der Waals surface area contributed by atoms with Crippen LogP contribution in [0.3, 0.4) is 0 Å². The summed E-state index contributed by atoms with van der Waals surface area (Å²) in [6, 6.07) is 17.3. The van der Waals surface area contributed by atoms with Crippen molar-refractivity contribution in [3.05, 3.63) is 66.4 Å². The van der Waals surface area contributed by atoms with Crippen molar-refractivity contribution in [3.63, 3.8) is 0 Å². The van der Waals surface area contributed by atoms with Crippen LogP contribution in [0.2, 0.25) is 0 Å². The van der Waals surface area contributed by atoms with Crippen LogP contribution in [0.15, 0.2) is 60.8 Å². The van der Waals surface area contributed by atoms with Gasteiger partial charge in [0.25, 0.3) is 0 Å². The van der Waals surface area contributed by atoms with Crippen LogP contribution in [-0.4, -0.2) is 18.1 Å². The number of fused-ring (bicyclic) bond motifs is 1. The summed E-state index contributed by atoms with van der Waals surface area (Å²) >= 11 is 0. The predicted molar refractivity (Wildman–Crippen MR) is 78.5 cm³/mol. The SMILES string of the molecule is COC(=O)c1c(-c2ccccc2)cnc2ccccc12. The number of rotatable bonds is 2. The van der Waals surface area contributed by atoms with E-state index in [1.54, 1.807) is 6.20 Å². The quantitative estimate of drug-likeness (QED) is 0.662. The third kappa shape index (κ3) is 2.03. The van der Waals surface area contributed by atoms with Crippen LogP contribution < -0.4 is 0 Å². The third-order valence-electron chi connectivity index (χ3n) is 3.25. The molecule has 0 aliphatic heterocycles. The predicted octanol–water partition coefficient (Wildman–Crippen LogP) is 3.69. The number of pyridine rings is 1. The summed E-state index contributed by atoms with van der Waals surface area (Å²) in [5, 5.41) is 0.806. The fourth-order valence-electron chi connectivity index (χ4n) is 2.30. The summed E-state index contributed by atoms with van der Waals surface area (Å²) in [6.07, 6.45) is 1.73. The van der Waals surface area contributed by atoms with Gasteiger partial charge in [0.15, 0.2) is 0 Å². The fraction of sp³-hybridized carbons (Fsp3) is 0.0588. The van der Waals surface area contributed by atoms with Gasteiger partial charge in [-0.3, -0.25) is 4.98 Å². The highest BCUT2D eigenvalue weighted by Gasteiger charge is 2.17. The molecule has 3 heteroatoms. The number of carbonyl (C=O) groups excluding carboxylic acids is 1. The zero-order chi connectivity index (χ0) is 13.9. The topological polar surface area (TPSA) is 39.2 Å². The van der Waals surface area contributed by atoms with E-state index in [1.165, 1.54) is 7.11 Å². The molecule has 0 aliphatic rings. The lowest BCUT2D eigenvalue weighted by Crippen LogP contribution is -2.05. The highest BCUT2D eigenvalue weighted by atomic mass is 16.5. The average Bonchev–Trinajstić information content (AvgIpc) is 2.54. The van der Waals surface area contributed by atoms with Gasteiger partial charge in [0, 0.05) is 17.1 Å². The molecule has 0 radical (unpaired) electrons. The highest BCUT2D eigenvalue weighted by molar-refractivity contribution is 6.08. The molecule has 98 valence electrons. The van der Waals surface area contributed by atoms with Gasteiger partial charge in [-0.25, -0.2) is 4.79 Å². The van der Waals surface area contributed by atoms with E-state index in [0.29, 0.717) is 5.56 Å². The first-order valence-corrected chi connectivity index (χ1v) is 6.33. The Morgan fingerprint density at radius 2 is 1.70 bits per heavy atom. The number of benzene rings is 2. The first kappa shape index (κ1) is 12.4. The van der Waals surface area contributed by atoms with Gasteiger partial charge in [0.2, 0.25) is 0 Å². The molecule has 0 unspecified atom stereocenters. The molecule has 0 spiro atoms. The highest BCUT2D eigenvalue weighted by Crippen LogP contribution is 2.29. The molecular weight excluding hydrogens is 250 g/mol. The second-order valence-corrected chi connectivity index (χ2v) is 4.42. The maximum atomic E-state index is 12.2. The van der Waals surface area contributed by atoms with E-state index in [1.807, 2.05) is 54.6 Å². The van der Waals surface area contributed by atoms with Gasteiger partial charge >= 0.3 is 5.97 Å². The molecule has 0 aliphatic carbocycles. The Morgan fingerprint density at radius 1 is 1.00 bits per heavy atom. The number of hydrogen-bond donors (Lipinski definition) is 0. The second-order valence-electron chi connectivity index (χ2n) is 4.42. The normalized spacial score (nSPS) is 10.4. The molecule has 3 rings (SSSR count). The molecule has 2 aromatic carbocycles. The number of carbonyl (C=O) groups is 1. The summed E-state index contributed by atoms with van der Waals surface area (Å²) in [6.45, 7) is 0. The van der Waals surface area contributed by atoms with Crippen molar-refractivity contribution in [1.29, 1.82) is 0 Å². The number of methoxy groups -OCH3 is 1. The van der Waals surface area contributed by atoms with Crippen LogP contribution in [0, 0.1) is 0 Å². The summed E-state index contributed by atoms with van der Waals surface area (Å²) in [7, 11) is 1.40. The van der Waals surface area contributed by atoms with Crippen molar-refractivity contribution in [2.75, 3.05) is 7.11 Å². The van der Waals surface area contributed by atoms with E-state index in [2.05, 4.69) is 4.98 Å². The van der Waals surface area contributed by atoms with Gasteiger partial charge in [0.05, 0.1) is 18.2 Å². The number of ether oxygens (including phenoxy) is 1. The molecule has 0 amide bonds. The molecule has 0 saturated carbocycles. The van der Waals surface area contributed by atoms with Crippen LogP contribution in [0.1, 0.15) is 10.4 Å². The van der Waals surface area contributed by atoms with E-state index >= 15 is 0 Å². The molecule has 3 nitrogen and oxygen atoms in total. The zero-order valence-corrected chi connectivity index (χ0v) is 11.0. The standard InChI is InChI=1S/C17H13NO2/c1-20-17(19)16-13-9-5-6-10-15(13)18-11-14(16)12-7-3-2-4-8-12/h2-11H,1H3. The van der Waals surface area contributed by atoms with Crippen LogP contribution >= 0.6 is 0 Å². The van der Waals surface area contributed by atoms with Crippen LogP contribution in [0.5, 0.6) is 0 Å². The second kappa shape index (κ2) is 5.13. The van der Waals surface area contributed by atoms with Gasteiger partial charge in [-0.15, -0.1) is 0 Å². The largest absolute Gasteiger partial charge is 0.465 e. The summed E-state index contributed by atoms with van der Waals surface area (Å²) in [5.41, 5.74) is 3.08. The average molecular weight is 263 g/mol. The van der Waals surface area contributed by atoms with Crippen molar-refractivity contribution < 1.29 is 9.53 Å². The van der Waals surface area contributed by atoms with Crippen molar-refractivity contribution in [2.24, 2.45) is 0 Å². The number of nitrogens with zero attached hydrogens (tertiary/aromatic N) is 1. The maximum absolute atomic E-state index is 12.2. The molecule has 0 saturated heterocycles.